The van der Waals surface area contributed by atoms with Gasteiger partial charge in [-0.25, -0.2) is 0 Å². The zero-order valence-electron chi connectivity index (χ0n) is 9.43. The SMILES string of the molecule is CC/N=C(/C)CNCCCN(C)C. The number of hydrogen-bond donors (Lipinski definition) is 1. The maximum Gasteiger partial charge on any atom is 0.0360 e. The lowest BCUT2D eigenvalue weighted by atomic mass is 10.3. The minimum atomic E-state index is 0.894. The molecule has 0 atom stereocenters. The Balaban J connectivity index is 3.21. The molecule has 0 amide bonds. The number of nitrogens with zero attached hydrogens (tertiary/aromatic N) is 2. The van der Waals surface area contributed by atoms with Crippen molar-refractivity contribution in [2.75, 3.05) is 40.3 Å². The maximum atomic E-state index is 4.30. The minimum absolute atomic E-state index is 0.894. The molecule has 0 fully saturated rings. The largest absolute Gasteiger partial charge is 0.311 e. The molecule has 0 heterocycles. The molecule has 0 aromatic heterocycles. The van der Waals surface area contributed by atoms with Crippen LogP contribution in [0.5, 0.6) is 0 Å². The second-order valence-electron chi connectivity index (χ2n) is 3.54. The minimum Gasteiger partial charge on any atom is -0.311 e. The molecule has 1 N–H and O–H groups in total. The number of rotatable bonds is 7. The Morgan fingerprint density at radius 1 is 1.38 bits per heavy atom. The summed E-state index contributed by atoms with van der Waals surface area (Å²) in [5, 5.41) is 3.37. The molecule has 0 aliphatic heterocycles. The van der Waals surface area contributed by atoms with Crippen LogP contribution in [0.4, 0.5) is 0 Å². The van der Waals surface area contributed by atoms with E-state index in [0.29, 0.717) is 0 Å². The van der Waals surface area contributed by atoms with Crippen LogP contribution in [0.1, 0.15) is 20.3 Å². The van der Waals surface area contributed by atoms with Gasteiger partial charge in [-0.2, -0.15) is 0 Å². The van der Waals surface area contributed by atoms with Gasteiger partial charge >= 0.3 is 0 Å². The fourth-order valence-electron chi connectivity index (χ4n) is 1.12. The smallest absolute Gasteiger partial charge is 0.0360 e. The van der Waals surface area contributed by atoms with Gasteiger partial charge in [0.05, 0.1) is 0 Å². The summed E-state index contributed by atoms with van der Waals surface area (Å²) in [4.78, 5) is 6.50. The van der Waals surface area contributed by atoms with Crippen molar-refractivity contribution in [3.05, 3.63) is 0 Å². The van der Waals surface area contributed by atoms with E-state index in [1.807, 2.05) is 0 Å². The Morgan fingerprint density at radius 2 is 2.08 bits per heavy atom. The maximum absolute atomic E-state index is 4.30. The first-order valence-electron chi connectivity index (χ1n) is 5.02. The Hall–Kier alpha value is -0.410. The van der Waals surface area contributed by atoms with E-state index in [9.17, 15) is 0 Å². The van der Waals surface area contributed by atoms with Crippen LogP contribution in [-0.4, -0.2) is 50.9 Å². The molecule has 78 valence electrons. The normalized spacial score (nSPS) is 12.5. The lowest BCUT2D eigenvalue weighted by Crippen LogP contribution is -2.25. The van der Waals surface area contributed by atoms with E-state index >= 15 is 0 Å². The zero-order valence-corrected chi connectivity index (χ0v) is 9.43. The average Bonchev–Trinajstić information content (AvgIpc) is 2.03. The quantitative estimate of drug-likeness (QED) is 0.473. The van der Waals surface area contributed by atoms with E-state index in [1.165, 1.54) is 12.1 Å². The lowest BCUT2D eigenvalue weighted by Gasteiger charge is -2.09. The van der Waals surface area contributed by atoms with Crippen molar-refractivity contribution < 1.29 is 0 Å². The summed E-state index contributed by atoms with van der Waals surface area (Å²) < 4.78 is 0. The fraction of sp³-hybridized carbons (Fsp3) is 0.900. The highest BCUT2D eigenvalue weighted by molar-refractivity contribution is 5.83. The van der Waals surface area contributed by atoms with Gasteiger partial charge in [-0.15, -0.1) is 0 Å². The molecule has 0 aliphatic rings. The molecule has 0 rings (SSSR count). The van der Waals surface area contributed by atoms with E-state index in [-0.39, 0.29) is 0 Å². The van der Waals surface area contributed by atoms with Crippen molar-refractivity contribution in [1.82, 2.24) is 10.2 Å². The predicted octanol–water partition coefficient (Wildman–Crippen LogP) is 1.01. The van der Waals surface area contributed by atoms with Gasteiger partial charge in [0.2, 0.25) is 0 Å². The van der Waals surface area contributed by atoms with Crippen LogP contribution >= 0.6 is 0 Å². The second kappa shape index (κ2) is 8.20. The molecule has 0 radical (unpaired) electrons. The second-order valence-corrected chi connectivity index (χ2v) is 3.54. The Bertz CT molecular complexity index is 141. The van der Waals surface area contributed by atoms with Gasteiger partial charge in [-0.05, 0) is 47.5 Å². The summed E-state index contributed by atoms with van der Waals surface area (Å²) in [6.45, 7) is 8.19. The first kappa shape index (κ1) is 12.6. The molecule has 3 heteroatoms. The third-order valence-corrected chi connectivity index (χ3v) is 1.77. The third-order valence-electron chi connectivity index (χ3n) is 1.77. The molecule has 0 bridgehead atoms. The zero-order chi connectivity index (χ0) is 10.1. The topological polar surface area (TPSA) is 27.6 Å². The standard InChI is InChI=1S/C10H23N3/c1-5-12-10(2)9-11-7-6-8-13(3)4/h11H,5-9H2,1-4H3/b12-10-. The number of aliphatic imine (C=N–C) groups is 1. The summed E-state index contributed by atoms with van der Waals surface area (Å²) in [5.74, 6) is 0. The van der Waals surface area contributed by atoms with Crippen molar-refractivity contribution in [3.63, 3.8) is 0 Å². The van der Waals surface area contributed by atoms with Gasteiger partial charge < -0.3 is 10.2 Å². The summed E-state index contributed by atoms with van der Waals surface area (Å²) in [6, 6.07) is 0. The van der Waals surface area contributed by atoms with Crippen LogP contribution in [0, 0.1) is 0 Å². The first-order valence-corrected chi connectivity index (χ1v) is 5.02. The summed E-state index contributed by atoms with van der Waals surface area (Å²) in [5.41, 5.74) is 1.20. The van der Waals surface area contributed by atoms with Gasteiger partial charge in [0, 0.05) is 18.8 Å². The molecule has 0 unspecified atom stereocenters. The van der Waals surface area contributed by atoms with Crippen LogP contribution in [0.15, 0.2) is 4.99 Å². The van der Waals surface area contributed by atoms with E-state index in [2.05, 4.69) is 43.2 Å². The Morgan fingerprint density at radius 3 is 2.62 bits per heavy atom. The average molecular weight is 185 g/mol. The van der Waals surface area contributed by atoms with Crippen molar-refractivity contribution >= 4 is 5.71 Å². The van der Waals surface area contributed by atoms with Gasteiger partial charge in [-0.1, -0.05) is 0 Å². The number of nitrogens with one attached hydrogen (secondary N) is 1. The van der Waals surface area contributed by atoms with E-state index in [0.717, 1.165) is 26.2 Å². The number of hydrogen-bond acceptors (Lipinski definition) is 3. The van der Waals surface area contributed by atoms with Gasteiger partial charge in [0.15, 0.2) is 0 Å². The van der Waals surface area contributed by atoms with E-state index < -0.39 is 0 Å². The summed E-state index contributed by atoms with van der Waals surface area (Å²) in [7, 11) is 4.20. The molecule has 13 heavy (non-hydrogen) atoms. The Kier molecular flexibility index (Phi) is 7.94. The molecule has 0 aromatic rings. The lowest BCUT2D eigenvalue weighted by molar-refractivity contribution is 0.396. The van der Waals surface area contributed by atoms with Gasteiger partial charge in [0.25, 0.3) is 0 Å². The monoisotopic (exact) mass is 185 g/mol. The van der Waals surface area contributed by atoms with E-state index in [4.69, 9.17) is 0 Å². The third kappa shape index (κ3) is 9.50. The highest BCUT2D eigenvalue weighted by Crippen LogP contribution is 1.81. The highest BCUT2D eigenvalue weighted by atomic mass is 15.1. The molecular weight excluding hydrogens is 162 g/mol. The van der Waals surface area contributed by atoms with Crippen LogP contribution in [0.2, 0.25) is 0 Å². The molecule has 0 aromatic carbocycles. The van der Waals surface area contributed by atoms with Crippen molar-refractivity contribution in [3.8, 4) is 0 Å². The molecular formula is C10H23N3. The van der Waals surface area contributed by atoms with Gasteiger partial charge in [0.1, 0.15) is 0 Å². The summed E-state index contributed by atoms with van der Waals surface area (Å²) in [6.07, 6.45) is 1.20. The fourth-order valence-corrected chi connectivity index (χ4v) is 1.12. The molecule has 0 aliphatic carbocycles. The Labute approximate surface area is 82.2 Å². The van der Waals surface area contributed by atoms with Crippen LogP contribution in [0.3, 0.4) is 0 Å². The molecule has 0 saturated heterocycles. The molecule has 0 spiro atoms. The van der Waals surface area contributed by atoms with Crippen molar-refractivity contribution in [2.24, 2.45) is 4.99 Å². The molecule has 3 nitrogen and oxygen atoms in total. The first-order chi connectivity index (χ1) is 6.16. The van der Waals surface area contributed by atoms with Crippen LogP contribution < -0.4 is 5.32 Å². The van der Waals surface area contributed by atoms with E-state index in [1.54, 1.807) is 0 Å². The highest BCUT2D eigenvalue weighted by Gasteiger charge is 1.92. The van der Waals surface area contributed by atoms with Crippen LogP contribution in [-0.2, 0) is 0 Å². The summed E-state index contributed by atoms with van der Waals surface area (Å²) >= 11 is 0. The van der Waals surface area contributed by atoms with Crippen LogP contribution in [0.25, 0.3) is 0 Å². The molecule has 0 saturated carbocycles. The van der Waals surface area contributed by atoms with Crippen molar-refractivity contribution in [1.29, 1.82) is 0 Å². The predicted molar refractivity (Wildman–Crippen MR) is 59.7 cm³/mol. The van der Waals surface area contributed by atoms with Crippen molar-refractivity contribution in [2.45, 2.75) is 20.3 Å². The van der Waals surface area contributed by atoms with Gasteiger partial charge in [-0.3, -0.25) is 4.99 Å².